The van der Waals surface area contributed by atoms with Crippen LogP contribution in [0, 0.1) is 5.92 Å². The summed E-state index contributed by atoms with van der Waals surface area (Å²) in [6.45, 7) is 2.80. The van der Waals surface area contributed by atoms with Crippen molar-refractivity contribution >= 4 is 15.9 Å². The van der Waals surface area contributed by atoms with E-state index >= 15 is 0 Å². The van der Waals surface area contributed by atoms with Crippen LogP contribution in [-0.2, 0) is 6.54 Å². The van der Waals surface area contributed by atoms with Crippen molar-refractivity contribution in [2.75, 3.05) is 0 Å². The molecular formula is C15H19BrF3NO. The van der Waals surface area contributed by atoms with E-state index in [-0.39, 0.29) is 5.75 Å². The third-order valence-corrected chi connectivity index (χ3v) is 4.24. The summed E-state index contributed by atoms with van der Waals surface area (Å²) in [6.07, 6.45) is 0.236. The Morgan fingerprint density at radius 3 is 2.62 bits per heavy atom. The molecule has 1 aliphatic carbocycles. The Morgan fingerprint density at radius 1 is 1.38 bits per heavy atom. The molecule has 0 aliphatic heterocycles. The van der Waals surface area contributed by atoms with Crippen molar-refractivity contribution in [2.45, 2.75) is 51.6 Å². The number of hydrogen-bond donors (Lipinski definition) is 1. The van der Waals surface area contributed by atoms with E-state index in [0.29, 0.717) is 17.1 Å². The second-order valence-electron chi connectivity index (χ2n) is 5.48. The molecule has 118 valence electrons. The largest absolute Gasteiger partial charge is 0.573 e. The molecule has 2 rings (SSSR count). The lowest BCUT2D eigenvalue weighted by atomic mass is 10.1. The van der Waals surface area contributed by atoms with Gasteiger partial charge < -0.3 is 10.1 Å². The molecule has 1 aromatic carbocycles. The lowest BCUT2D eigenvalue weighted by Gasteiger charge is -2.17. The maximum atomic E-state index is 12.2. The van der Waals surface area contributed by atoms with Crippen LogP contribution in [0.2, 0.25) is 0 Å². The maximum absolute atomic E-state index is 12.2. The van der Waals surface area contributed by atoms with E-state index in [0.717, 1.165) is 17.9 Å². The summed E-state index contributed by atoms with van der Waals surface area (Å²) in [5, 5.41) is 3.47. The molecule has 1 saturated carbocycles. The second-order valence-corrected chi connectivity index (χ2v) is 6.33. The molecule has 0 amide bonds. The van der Waals surface area contributed by atoms with Gasteiger partial charge in [0.15, 0.2) is 0 Å². The average molecular weight is 366 g/mol. The molecule has 1 N–H and O–H groups in total. The Morgan fingerprint density at radius 2 is 2.10 bits per heavy atom. The summed E-state index contributed by atoms with van der Waals surface area (Å²) in [4.78, 5) is 0. The molecular weight excluding hydrogens is 347 g/mol. The minimum Gasteiger partial charge on any atom is -0.405 e. The van der Waals surface area contributed by atoms with Crippen LogP contribution in [0.3, 0.4) is 0 Å². The molecule has 1 aliphatic rings. The summed E-state index contributed by atoms with van der Waals surface area (Å²) < 4.78 is 40.8. The number of ether oxygens (including phenoxy) is 1. The summed E-state index contributed by atoms with van der Waals surface area (Å²) in [6, 6.07) is 5.14. The van der Waals surface area contributed by atoms with Crippen LogP contribution in [0.1, 0.15) is 38.2 Å². The van der Waals surface area contributed by atoms with Crippen molar-refractivity contribution in [3.8, 4) is 5.75 Å². The van der Waals surface area contributed by atoms with Gasteiger partial charge in [0.25, 0.3) is 0 Å². The molecule has 1 aromatic rings. The first kappa shape index (κ1) is 16.6. The van der Waals surface area contributed by atoms with Crippen LogP contribution in [0.5, 0.6) is 5.75 Å². The van der Waals surface area contributed by atoms with Gasteiger partial charge in [0, 0.05) is 12.6 Å². The van der Waals surface area contributed by atoms with E-state index < -0.39 is 6.36 Å². The van der Waals surface area contributed by atoms with Gasteiger partial charge in [-0.3, -0.25) is 0 Å². The fourth-order valence-electron chi connectivity index (χ4n) is 2.27. The van der Waals surface area contributed by atoms with Gasteiger partial charge in [0.2, 0.25) is 0 Å². The molecule has 0 spiro atoms. The van der Waals surface area contributed by atoms with Crippen molar-refractivity contribution in [2.24, 2.45) is 5.92 Å². The third-order valence-electron chi connectivity index (χ3n) is 3.62. The maximum Gasteiger partial charge on any atom is 0.573 e. The first-order valence-electron chi connectivity index (χ1n) is 7.15. The van der Waals surface area contributed by atoms with Crippen molar-refractivity contribution in [3.05, 3.63) is 28.2 Å². The van der Waals surface area contributed by atoms with Crippen LogP contribution in [0.25, 0.3) is 0 Å². The number of halogens is 4. The van der Waals surface area contributed by atoms with Crippen molar-refractivity contribution in [1.29, 1.82) is 0 Å². The number of alkyl halides is 3. The molecule has 1 unspecified atom stereocenters. The van der Waals surface area contributed by atoms with Gasteiger partial charge in [0.05, 0.1) is 4.47 Å². The molecule has 0 aromatic heterocycles. The SMILES string of the molecule is CCC(CC1CC1)NCc1ccc(OC(F)(F)F)c(Br)c1. The molecule has 1 fully saturated rings. The Labute approximate surface area is 131 Å². The molecule has 1 atom stereocenters. The van der Waals surface area contributed by atoms with E-state index in [9.17, 15) is 13.2 Å². The van der Waals surface area contributed by atoms with Gasteiger partial charge >= 0.3 is 6.36 Å². The van der Waals surface area contributed by atoms with Gasteiger partial charge in [-0.2, -0.15) is 0 Å². The Balaban J connectivity index is 1.89. The molecule has 0 bridgehead atoms. The second kappa shape index (κ2) is 7.01. The van der Waals surface area contributed by atoms with Crippen molar-refractivity contribution < 1.29 is 17.9 Å². The quantitative estimate of drug-likeness (QED) is 0.732. The van der Waals surface area contributed by atoms with E-state index in [4.69, 9.17) is 0 Å². The van der Waals surface area contributed by atoms with Crippen LogP contribution in [-0.4, -0.2) is 12.4 Å². The number of rotatable bonds is 7. The summed E-state index contributed by atoms with van der Waals surface area (Å²) in [5.74, 6) is 0.646. The standard InChI is InChI=1S/C15H19BrF3NO/c1-2-12(7-10-3-4-10)20-9-11-5-6-14(13(16)8-11)21-15(17,18)19/h5-6,8,10,12,20H,2-4,7,9H2,1H3. The normalized spacial score (nSPS) is 16.8. The first-order valence-corrected chi connectivity index (χ1v) is 7.94. The topological polar surface area (TPSA) is 21.3 Å². The fourth-order valence-corrected chi connectivity index (χ4v) is 2.78. The number of hydrogen-bond acceptors (Lipinski definition) is 2. The minimum atomic E-state index is -4.67. The van der Waals surface area contributed by atoms with Crippen molar-refractivity contribution in [3.63, 3.8) is 0 Å². The van der Waals surface area contributed by atoms with E-state index in [1.807, 2.05) is 0 Å². The third kappa shape index (κ3) is 5.87. The summed E-state index contributed by atoms with van der Waals surface area (Å²) in [7, 11) is 0. The highest BCUT2D eigenvalue weighted by molar-refractivity contribution is 9.10. The fraction of sp³-hybridized carbons (Fsp3) is 0.600. The molecule has 0 saturated heterocycles. The molecule has 21 heavy (non-hydrogen) atoms. The van der Waals surface area contributed by atoms with Crippen LogP contribution < -0.4 is 10.1 Å². The molecule has 6 heteroatoms. The zero-order chi connectivity index (χ0) is 15.5. The van der Waals surface area contributed by atoms with Gasteiger partial charge in [-0.05, 0) is 52.4 Å². The van der Waals surface area contributed by atoms with E-state index in [1.54, 1.807) is 12.1 Å². The van der Waals surface area contributed by atoms with Gasteiger partial charge in [-0.25, -0.2) is 0 Å². The first-order chi connectivity index (χ1) is 9.87. The van der Waals surface area contributed by atoms with Gasteiger partial charge in [-0.15, -0.1) is 13.2 Å². The average Bonchev–Trinajstić information content (AvgIpc) is 3.20. The Kier molecular flexibility index (Phi) is 5.54. The highest BCUT2D eigenvalue weighted by Gasteiger charge is 2.32. The highest BCUT2D eigenvalue weighted by Crippen LogP contribution is 2.34. The zero-order valence-corrected chi connectivity index (χ0v) is 13.4. The van der Waals surface area contributed by atoms with Crippen LogP contribution >= 0.6 is 15.9 Å². The molecule has 2 nitrogen and oxygen atoms in total. The Hall–Kier alpha value is -0.750. The van der Waals surface area contributed by atoms with Crippen molar-refractivity contribution in [1.82, 2.24) is 5.32 Å². The Bertz CT molecular complexity index is 474. The lowest BCUT2D eigenvalue weighted by molar-refractivity contribution is -0.274. The highest BCUT2D eigenvalue weighted by atomic mass is 79.9. The smallest absolute Gasteiger partial charge is 0.405 e. The number of benzene rings is 1. The minimum absolute atomic E-state index is 0.212. The number of nitrogens with one attached hydrogen (secondary N) is 1. The summed E-state index contributed by atoms with van der Waals surface area (Å²) >= 11 is 3.12. The van der Waals surface area contributed by atoms with Gasteiger partial charge in [-0.1, -0.05) is 25.8 Å². The predicted octanol–water partition coefficient (Wildman–Crippen LogP) is 5.02. The monoisotopic (exact) mass is 365 g/mol. The van der Waals surface area contributed by atoms with Crippen LogP contribution in [0.4, 0.5) is 13.2 Å². The van der Waals surface area contributed by atoms with E-state index in [1.165, 1.54) is 25.3 Å². The van der Waals surface area contributed by atoms with Crippen LogP contribution in [0.15, 0.2) is 22.7 Å². The molecule has 0 radical (unpaired) electrons. The van der Waals surface area contributed by atoms with Gasteiger partial charge in [0.1, 0.15) is 5.75 Å². The zero-order valence-electron chi connectivity index (χ0n) is 11.8. The predicted molar refractivity (Wildman–Crippen MR) is 79.1 cm³/mol. The molecule has 0 heterocycles. The summed E-state index contributed by atoms with van der Waals surface area (Å²) in [5.41, 5.74) is 0.936. The van der Waals surface area contributed by atoms with E-state index in [2.05, 4.69) is 32.9 Å². The lowest BCUT2D eigenvalue weighted by Crippen LogP contribution is -2.28.